The first kappa shape index (κ1) is 16.4. The Morgan fingerprint density at radius 3 is 2.45 bits per heavy atom. The van der Waals surface area contributed by atoms with E-state index < -0.39 is 8.32 Å². The van der Waals surface area contributed by atoms with Crippen molar-refractivity contribution >= 4 is 14.1 Å². The molecule has 0 N–H and O–H groups in total. The number of rotatable bonds is 3. The molecule has 0 aromatic rings. The van der Waals surface area contributed by atoms with Crippen LogP contribution in [0.4, 0.5) is 0 Å². The van der Waals surface area contributed by atoms with Gasteiger partial charge in [-0.1, -0.05) is 39.3 Å². The number of ketones is 1. The van der Waals surface area contributed by atoms with Crippen LogP contribution >= 0.6 is 0 Å². The van der Waals surface area contributed by atoms with Crippen molar-refractivity contribution in [3.63, 3.8) is 0 Å². The summed E-state index contributed by atoms with van der Waals surface area (Å²) in [6.07, 6.45) is 6.54. The molecule has 3 rings (SSSR count). The van der Waals surface area contributed by atoms with Gasteiger partial charge in [0.1, 0.15) is 5.78 Å². The molecule has 2 atom stereocenters. The minimum Gasteiger partial charge on any atom is -0.416 e. The summed E-state index contributed by atoms with van der Waals surface area (Å²) in [7, 11) is -1.76. The van der Waals surface area contributed by atoms with Gasteiger partial charge in [-0.05, 0) is 50.2 Å². The summed E-state index contributed by atoms with van der Waals surface area (Å²) in [4.78, 5) is 13.0. The fraction of sp³-hybridized carbons (Fsp3) is 0.842. The van der Waals surface area contributed by atoms with Crippen LogP contribution in [0.1, 0.15) is 59.3 Å². The Bertz CT molecular complexity index is 510. The summed E-state index contributed by atoms with van der Waals surface area (Å²) >= 11 is 0. The van der Waals surface area contributed by atoms with Crippen molar-refractivity contribution in [3.05, 3.63) is 12.2 Å². The van der Waals surface area contributed by atoms with Gasteiger partial charge in [0.15, 0.2) is 8.32 Å². The molecule has 0 aliphatic heterocycles. The average molecular weight is 321 g/mol. The van der Waals surface area contributed by atoms with E-state index in [1.54, 1.807) is 0 Å². The molecule has 0 aromatic heterocycles. The SMILES string of the molecule is C=C1C[C@]2(CO[Si](C)(C)C(C)(C)C)CCC[C@@H]2C(=O)C12CC2. The molecule has 22 heavy (non-hydrogen) atoms. The lowest BCUT2D eigenvalue weighted by atomic mass is 9.61. The molecule has 0 saturated heterocycles. The summed E-state index contributed by atoms with van der Waals surface area (Å²) in [6, 6.07) is 0. The van der Waals surface area contributed by atoms with Crippen molar-refractivity contribution in [2.24, 2.45) is 16.7 Å². The number of hydrogen-bond acceptors (Lipinski definition) is 2. The molecule has 2 nitrogen and oxygen atoms in total. The van der Waals surface area contributed by atoms with E-state index in [1.165, 1.54) is 12.0 Å². The summed E-state index contributed by atoms with van der Waals surface area (Å²) in [5, 5.41) is 0.227. The van der Waals surface area contributed by atoms with Crippen LogP contribution in [0, 0.1) is 16.7 Å². The number of hydrogen-bond donors (Lipinski definition) is 0. The normalized spacial score (nSPS) is 34.1. The van der Waals surface area contributed by atoms with Gasteiger partial charge in [-0.2, -0.15) is 0 Å². The van der Waals surface area contributed by atoms with Crippen molar-refractivity contribution in [2.45, 2.75) is 77.4 Å². The molecule has 0 amide bonds. The van der Waals surface area contributed by atoms with Gasteiger partial charge in [0.25, 0.3) is 0 Å². The van der Waals surface area contributed by atoms with Gasteiger partial charge in [-0.15, -0.1) is 0 Å². The zero-order valence-electron chi connectivity index (χ0n) is 15.1. The second kappa shape index (κ2) is 4.79. The number of Topliss-reactive ketones (excluding diaryl/α,β-unsaturated/α-hetero) is 1. The van der Waals surface area contributed by atoms with E-state index in [0.717, 1.165) is 38.7 Å². The molecule has 0 heterocycles. The summed E-state index contributed by atoms with van der Waals surface area (Å²) in [6.45, 7) is 16.6. The summed E-state index contributed by atoms with van der Waals surface area (Å²) in [5.41, 5.74) is 1.18. The van der Waals surface area contributed by atoms with Crippen molar-refractivity contribution in [1.29, 1.82) is 0 Å². The molecule has 0 radical (unpaired) electrons. The summed E-state index contributed by atoms with van der Waals surface area (Å²) in [5.74, 6) is 0.755. The third-order valence-electron chi connectivity index (χ3n) is 7.21. The highest BCUT2D eigenvalue weighted by molar-refractivity contribution is 6.74. The fourth-order valence-electron chi connectivity index (χ4n) is 4.35. The Kier molecular flexibility index (Phi) is 3.58. The molecule has 1 spiro atoms. The zero-order valence-corrected chi connectivity index (χ0v) is 16.1. The van der Waals surface area contributed by atoms with Crippen LogP contribution in [0.3, 0.4) is 0 Å². The molecule has 0 aromatic carbocycles. The predicted octanol–water partition coefficient (Wildman–Crippen LogP) is 5.10. The van der Waals surface area contributed by atoms with Crippen LogP contribution in [0.2, 0.25) is 18.1 Å². The van der Waals surface area contributed by atoms with Crippen LogP contribution in [-0.4, -0.2) is 20.7 Å². The molecule has 0 unspecified atom stereocenters. The Labute approximate surface area is 136 Å². The van der Waals surface area contributed by atoms with E-state index in [1.807, 2.05) is 0 Å². The van der Waals surface area contributed by atoms with Gasteiger partial charge < -0.3 is 4.43 Å². The van der Waals surface area contributed by atoms with Gasteiger partial charge >= 0.3 is 0 Å². The number of carbonyl (C=O) groups excluding carboxylic acids is 1. The predicted molar refractivity (Wildman–Crippen MR) is 93.4 cm³/mol. The standard InChI is InChI=1S/C19H32O2Si/c1-14-12-18(13-21-22(5,6)17(2,3)4)9-7-8-15(18)16(20)19(14)10-11-19/h15H,1,7-13H2,2-6H3/t15-,18+/m1/s1. The number of fused-ring (bicyclic) bond motifs is 1. The quantitative estimate of drug-likeness (QED) is 0.534. The Hall–Kier alpha value is -0.413. The van der Waals surface area contributed by atoms with Gasteiger partial charge in [-0.3, -0.25) is 4.79 Å². The topological polar surface area (TPSA) is 26.3 Å². The Balaban J connectivity index is 1.80. The van der Waals surface area contributed by atoms with Gasteiger partial charge in [-0.25, -0.2) is 0 Å². The minimum absolute atomic E-state index is 0.0670. The molecule has 3 aliphatic carbocycles. The van der Waals surface area contributed by atoms with Crippen LogP contribution in [0.15, 0.2) is 12.2 Å². The second-order valence-electron chi connectivity index (χ2n) is 9.58. The molecule has 3 fully saturated rings. The van der Waals surface area contributed by atoms with Crippen LogP contribution < -0.4 is 0 Å². The fourth-order valence-corrected chi connectivity index (χ4v) is 5.43. The largest absolute Gasteiger partial charge is 0.416 e. The Morgan fingerprint density at radius 2 is 1.91 bits per heavy atom. The minimum atomic E-state index is -1.76. The molecular formula is C19H32O2Si. The highest BCUT2D eigenvalue weighted by Crippen LogP contribution is 2.65. The maximum absolute atomic E-state index is 13.0. The molecule has 3 heteroatoms. The maximum atomic E-state index is 13.0. The maximum Gasteiger partial charge on any atom is 0.192 e. The monoisotopic (exact) mass is 320 g/mol. The average Bonchev–Trinajstić information content (AvgIpc) is 3.10. The van der Waals surface area contributed by atoms with Crippen LogP contribution in [0.25, 0.3) is 0 Å². The first-order valence-electron chi connectivity index (χ1n) is 8.91. The third kappa shape index (κ3) is 2.27. The number of carbonyl (C=O) groups is 1. The van der Waals surface area contributed by atoms with Crippen molar-refractivity contribution in [2.75, 3.05) is 6.61 Å². The van der Waals surface area contributed by atoms with E-state index in [0.29, 0.717) is 5.78 Å². The Morgan fingerprint density at radius 1 is 1.27 bits per heavy atom. The smallest absolute Gasteiger partial charge is 0.192 e. The van der Waals surface area contributed by atoms with E-state index in [9.17, 15) is 4.79 Å². The van der Waals surface area contributed by atoms with Gasteiger partial charge in [0.05, 0.1) is 0 Å². The molecular weight excluding hydrogens is 288 g/mol. The first-order chi connectivity index (χ1) is 10.0. The molecule has 124 valence electrons. The zero-order chi connectivity index (χ0) is 16.4. The van der Waals surface area contributed by atoms with Gasteiger partial charge in [0, 0.05) is 23.4 Å². The molecule has 0 bridgehead atoms. The molecule has 3 saturated carbocycles. The van der Waals surface area contributed by atoms with Crippen molar-refractivity contribution in [1.82, 2.24) is 0 Å². The van der Waals surface area contributed by atoms with E-state index in [-0.39, 0.29) is 21.8 Å². The summed E-state index contributed by atoms with van der Waals surface area (Å²) < 4.78 is 6.57. The lowest BCUT2D eigenvalue weighted by Crippen LogP contribution is -2.49. The lowest BCUT2D eigenvalue weighted by Gasteiger charge is -2.46. The van der Waals surface area contributed by atoms with Crippen molar-refractivity contribution < 1.29 is 9.22 Å². The third-order valence-corrected chi connectivity index (χ3v) is 11.7. The lowest BCUT2D eigenvalue weighted by molar-refractivity contribution is -0.134. The first-order valence-corrected chi connectivity index (χ1v) is 11.8. The molecule has 3 aliphatic rings. The van der Waals surface area contributed by atoms with E-state index in [2.05, 4.69) is 40.4 Å². The number of allylic oxidation sites excluding steroid dienone is 1. The van der Waals surface area contributed by atoms with E-state index in [4.69, 9.17) is 4.43 Å². The highest BCUT2D eigenvalue weighted by Gasteiger charge is 2.63. The van der Waals surface area contributed by atoms with E-state index >= 15 is 0 Å². The second-order valence-corrected chi connectivity index (χ2v) is 14.4. The van der Waals surface area contributed by atoms with Crippen LogP contribution in [0.5, 0.6) is 0 Å². The van der Waals surface area contributed by atoms with Gasteiger partial charge in [0.2, 0.25) is 0 Å². The van der Waals surface area contributed by atoms with Crippen LogP contribution in [-0.2, 0) is 9.22 Å². The highest BCUT2D eigenvalue weighted by atomic mass is 28.4. The van der Waals surface area contributed by atoms with Crippen molar-refractivity contribution in [3.8, 4) is 0 Å².